The number of nitrogens with zero attached hydrogens (tertiary/aromatic N) is 1. The van der Waals surface area contributed by atoms with Crippen LogP contribution in [-0.2, 0) is 9.84 Å². The van der Waals surface area contributed by atoms with Crippen LogP contribution < -0.4 is 5.32 Å². The molecule has 0 saturated carbocycles. The smallest absolute Gasteiger partial charge is 0.298 e. The maximum atomic E-state index is 12.4. The first-order valence-corrected chi connectivity index (χ1v) is 8.03. The summed E-state index contributed by atoms with van der Waals surface area (Å²) in [6.07, 6.45) is 1.60. The van der Waals surface area contributed by atoms with Crippen LogP contribution in [0.25, 0.3) is 0 Å². The van der Waals surface area contributed by atoms with E-state index in [1.807, 2.05) is 6.92 Å². The van der Waals surface area contributed by atoms with E-state index >= 15 is 0 Å². The lowest BCUT2D eigenvalue weighted by Gasteiger charge is -2.05. The predicted molar refractivity (Wildman–Crippen MR) is 74.4 cm³/mol. The van der Waals surface area contributed by atoms with Gasteiger partial charge in [-0.05, 0) is 31.2 Å². The molecule has 0 aliphatic rings. The third-order valence-corrected chi connectivity index (χ3v) is 4.75. The fraction of sp³-hybridized carbons (Fsp3) is 0.167. The Bertz CT molecular complexity index is 755. The van der Waals surface area contributed by atoms with Crippen molar-refractivity contribution in [3.8, 4) is 0 Å². The predicted octanol–water partition coefficient (Wildman–Crippen LogP) is 2.70. The molecule has 1 amide bonds. The second kappa shape index (κ2) is 5.86. The number of nitrogens with one attached hydrogen (secondary N) is 1. The zero-order valence-electron chi connectivity index (χ0n) is 10.7. The van der Waals surface area contributed by atoms with Gasteiger partial charge in [-0.2, -0.15) is 8.78 Å². The number of sulfone groups is 1. The molecule has 1 heterocycles. The van der Waals surface area contributed by atoms with Crippen molar-refractivity contribution < 1.29 is 22.0 Å². The first kappa shape index (κ1) is 15.5. The van der Waals surface area contributed by atoms with Gasteiger partial charge in [-0.1, -0.05) is 0 Å². The Hall–Kier alpha value is -1.87. The summed E-state index contributed by atoms with van der Waals surface area (Å²) >= 11 is 1.28. The molecule has 0 fully saturated rings. The first-order chi connectivity index (χ1) is 9.80. The minimum absolute atomic E-state index is 0.149. The summed E-state index contributed by atoms with van der Waals surface area (Å²) in [6.45, 7) is 1.83. The standard InChI is InChI=1S/C12H10F2N2O3S2/c1-7-6-15-12(20-7)16-10(17)8-2-4-9(5-3-8)21(18,19)11(13)14/h2-6,11H,1H3,(H,15,16,17). The van der Waals surface area contributed by atoms with E-state index in [0.717, 1.165) is 17.0 Å². The zero-order chi connectivity index (χ0) is 15.6. The Kier molecular flexibility index (Phi) is 4.33. The van der Waals surface area contributed by atoms with Crippen LogP contribution in [0.15, 0.2) is 35.4 Å². The van der Waals surface area contributed by atoms with E-state index in [-0.39, 0.29) is 5.56 Å². The van der Waals surface area contributed by atoms with Gasteiger partial charge in [0.1, 0.15) is 0 Å². The monoisotopic (exact) mass is 332 g/mol. The number of thiazole rings is 1. The van der Waals surface area contributed by atoms with Crippen molar-refractivity contribution in [3.63, 3.8) is 0 Å². The molecule has 0 bridgehead atoms. The van der Waals surface area contributed by atoms with Crippen molar-refractivity contribution in [2.45, 2.75) is 17.6 Å². The molecule has 0 aliphatic carbocycles. The fourth-order valence-electron chi connectivity index (χ4n) is 1.48. The number of halogens is 2. The highest BCUT2D eigenvalue weighted by Crippen LogP contribution is 2.20. The molecule has 0 radical (unpaired) electrons. The van der Waals surface area contributed by atoms with Crippen LogP contribution >= 0.6 is 11.3 Å². The zero-order valence-corrected chi connectivity index (χ0v) is 12.3. The lowest BCUT2D eigenvalue weighted by molar-refractivity contribution is 0.102. The fourth-order valence-corrected chi connectivity index (χ4v) is 2.86. The number of alkyl halides is 2. The lowest BCUT2D eigenvalue weighted by Crippen LogP contribution is -2.14. The molecule has 0 saturated heterocycles. The van der Waals surface area contributed by atoms with E-state index in [9.17, 15) is 22.0 Å². The summed E-state index contributed by atoms with van der Waals surface area (Å²) < 4.78 is 47.2. The Morgan fingerprint density at radius 3 is 2.38 bits per heavy atom. The molecule has 1 aromatic heterocycles. The number of aryl methyl sites for hydroxylation is 1. The number of carbonyl (C=O) groups is 1. The minimum Gasteiger partial charge on any atom is -0.298 e. The van der Waals surface area contributed by atoms with E-state index in [1.165, 1.54) is 23.5 Å². The maximum Gasteiger partial charge on any atom is 0.341 e. The third-order valence-electron chi connectivity index (χ3n) is 2.52. The number of hydrogen-bond donors (Lipinski definition) is 1. The second-order valence-corrected chi connectivity index (χ2v) is 7.21. The number of aromatic nitrogens is 1. The molecule has 9 heteroatoms. The highest BCUT2D eigenvalue weighted by molar-refractivity contribution is 7.91. The van der Waals surface area contributed by atoms with E-state index in [4.69, 9.17) is 0 Å². The number of amides is 1. The number of carbonyl (C=O) groups excluding carboxylic acids is 1. The van der Waals surface area contributed by atoms with Crippen LogP contribution in [0.4, 0.5) is 13.9 Å². The largest absolute Gasteiger partial charge is 0.341 e. The molecule has 0 atom stereocenters. The van der Waals surface area contributed by atoms with Crippen LogP contribution in [0.2, 0.25) is 0 Å². The van der Waals surface area contributed by atoms with Gasteiger partial charge in [0.2, 0.25) is 9.84 Å². The number of rotatable bonds is 4. The molecule has 5 nitrogen and oxygen atoms in total. The van der Waals surface area contributed by atoms with Gasteiger partial charge in [0, 0.05) is 16.6 Å². The highest BCUT2D eigenvalue weighted by atomic mass is 32.2. The molecule has 1 N–H and O–H groups in total. The Balaban J connectivity index is 2.17. The summed E-state index contributed by atoms with van der Waals surface area (Å²) in [7, 11) is -4.65. The van der Waals surface area contributed by atoms with Gasteiger partial charge < -0.3 is 0 Å². The quantitative estimate of drug-likeness (QED) is 0.934. The molecular formula is C12H10F2N2O3S2. The summed E-state index contributed by atoms with van der Waals surface area (Å²) in [4.78, 5) is 16.2. The molecule has 0 unspecified atom stereocenters. The molecular weight excluding hydrogens is 322 g/mol. The summed E-state index contributed by atoms with van der Waals surface area (Å²) in [5, 5.41) is 2.94. The van der Waals surface area contributed by atoms with Crippen molar-refractivity contribution in [3.05, 3.63) is 40.9 Å². The Morgan fingerprint density at radius 2 is 1.90 bits per heavy atom. The average molecular weight is 332 g/mol. The second-order valence-electron chi connectivity index (χ2n) is 4.06. The van der Waals surface area contributed by atoms with Crippen LogP contribution in [0.1, 0.15) is 15.2 Å². The average Bonchev–Trinajstić information content (AvgIpc) is 2.84. The van der Waals surface area contributed by atoms with Gasteiger partial charge in [-0.3, -0.25) is 10.1 Å². The summed E-state index contributed by atoms with van der Waals surface area (Å²) in [6, 6.07) is 4.29. The van der Waals surface area contributed by atoms with Gasteiger partial charge in [0.25, 0.3) is 5.91 Å². The molecule has 0 spiro atoms. The number of anilines is 1. The molecule has 2 aromatic rings. The third kappa shape index (κ3) is 3.42. The SMILES string of the molecule is Cc1cnc(NC(=O)c2ccc(S(=O)(=O)C(F)F)cc2)s1. The Morgan fingerprint density at radius 1 is 1.29 bits per heavy atom. The van der Waals surface area contributed by atoms with Crippen molar-refractivity contribution in [2.24, 2.45) is 0 Å². The van der Waals surface area contributed by atoms with E-state index in [0.29, 0.717) is 5.13 Å². The van der Waals surface area contributed by atoms with Crippen LogP contribution in [0.5, 0.6) is 0 Å². The molecule has 112 valence electrons. The van der Waals surface area contributed by atoms with E-state index in [1.54, 1.807) is 6.20 Å². The van der Waals surface area contributed by atoms with Crippen LogP contribution in [0, 0.1) is 6.92 Å². The van der Waals surface area contributed by atoms with Crippen LogP contribution in [-0.4, -0.2) is 25.1 Å². The van der Waals surface area contributed by atoms with Gasteiger partial charge in [-0.15, -0.1) is 11.3 Å². The highest BCUT2D eigenvalue weighted by Gasteiger charge is 2.26. The van der Waals surface area contributed by atoms with Gasteiger partial charge in [0.05, 0.1) is 4.90 Å². The van der Waals surface area contributed by atoms with Crippen molar-refractivity contribution in [1.29, 1.82) is 0 Å². The number of benzene rings is 1. The minimum atomic E-state index is -4.65. The maximum absolute atomic E-state index is 12.4. The topological polar surface area (TPSA) is 76.1 Å². The first-order valence-electron chi connectivity index (χ1n) is 5.66. The van der Waals surface area contributed by atoms with Crippen molar-refractivity contribution >= 4 is 32.2 Å². The number of hydrogen-bond acceptors (Lipinski definition) is 5. The Labute approximate surface area is 123 Å². The van der Waals surface area contributed by atoms with Gasteiger partial charge in [-0.25, -0.2) is 13.4 Å². The molecule has 2 rings (SSSR count). The molecule has 21 heavy (non-hydrogen) atoms. The van der Waals surface area contributed by atoms with Crippen molar-refractivity contribution in [1.82, 2.24) is 4.98 Å². The summed E-state index contributed by atoms with van der Waals surface area (Å²) in [5.41, 5.74) is 0.149. The van der Waals surface area contributed by atoms with Gasteiger partial charge in [0.15, 0.2) is 5.13 Å². The lowest BCUT2D eigenvalue weighted by atomic mass is 10.2. The van der Waals surface area contributed by atoms with Gasteiger partial charge >= 0.3 is 5.76 Å². The molecule has 0 aliphatic heterocycles. The van der Waals surface area contributed by atoms with E-state index < -0.39 is 26.4 Å². The summed E-state index contributed by atoms with van der Waals surface area (Å²) in [5.74, 6) is -3.99. The van der Waals surface area contributed by atoms with Crippen molar-refractivity contribution in [2.75, 3.05) is 5.32 Å². The van der Waals surface area contributed by atoms with Crippen LogP contribution in [0.3, 0.4) is 0 Å². The molecule has 1 aromatic carbocycles. The van der Waals surface area contributed by atoms with E-state index in [2.05, 4.69) is 10.3 Å². The normalized spacial score (nSPS) is 11.6.